The molecule has 0 atom stereocenters. The van der Waals surface area contributed by atoms with Crippen molar-refractivity contribution >= 4 is 38.3 Å². The number of rotatable bonds is 5. The number of hydrogen-bond donors (Lipinski definition) is 2. The number of hydrogen-bond acceptors (Lipinski definition) is 5. The molecule has 0 spiro atoms. The van der Waals surface area contributed by atoms with E-state index in [4.69, 9.17) is 21.6 Å². The topological polar surface area (TPSA) is 108 Å². The summed E-state index contributed by atoms with van der Waals surface area (Å²) in [5.74, 6) is 0.284. The fraction of sp³-hybridized carbons (Fsp3) is 0.125. The zero-order valence-electron chi connectivity index (χ0n) is 13.1. The maximum Gasteiger partial charge on any atom is 0.265 e. The first-order valence-electron chi connectivity index (χ1n) is 7.14. The van der Waals surface area contributed by atoms with E-state index < -0.39 is 10.0 Å². The third kappa shape index (κ3) is 3.38. The lowest BCUT2D eigenvalue weighted by molar-refractivity contribution is 0.415. The first kappa shape index (κ1) is 17.1. The number of fused-ring (bicyclic) bond motifs is 1. The molecule has 2 aromatic heterocycles. The monoisotopic (exact) mass is 376 g/mol. The fourth-order valence-electron chi connectivity index (χ4n) is 2.38. The number of nitrogens with one attached hydrogen (secondary N) is 2. The Morgan fingerprint density at radius 2 is 2.20 bits per heavy atom. The van der Waals surface area contributed by atoms with Gasteiger partial charge in [0.2, 0.25) is 0 Å². The van der Waals surface area contributed by atoms with Crippen molar-refractivity contribution < 1.29 is 13.2 Å². The van der Waals surface area contributed by atoms with Gasteiger partial charge in [-0.05, 0) is 29.8 Å². The number of benzene rings is 1. The van der Waals surface area contributed by atoms with Gasteiger partial charge in [-0.1, -0.05) is 11.6 Å². The summed E-state index contributed by atoms with van der Waals surface area (Å²) >= 11 is 5.92. The van der Waals surface area contributed by atoms with Crippen molar-refractivity contribution in [3.05, 3.63) is 47.2 Å². The fourth-order valence-corrected chi connectivity index (χ4v) is 3.75. The van der Waals surface area contributed by atoms with Crippen LogP contribution in [0.25, 0.3) is 10.9 Å². The highest BCUT2D eigenvalue weighted by Gasteiger charge is 2.21. The van der Waals surface area contributed by atoms with Crippen molar-refractivity contribution in [3.63, 3.8) is 0 Å². The van der Waals surface area contributed by atoms with E-state index in [0.717, 1.165) is 0 Å². The Kier molecular flexibility index (Phi) is 4.53. The van der Waals surface area contributed by atoms with Gasteiger partial charge < -0.3 is 9.72 Å². The molecule has 0 bridgehead atoms. The maximum atomic E-state index is 12.7. The Bertz CT molecular complexity index is 1090. The third-order valence-corrected chi connectivity index (χ3v) is 5.15. The molecule has 3 aromatic rings. The van der Waals surface area contributed by atoms with E-state index in [1.54, 1.807) is 24.3 Å². The maximum absolute atomic E-state index is 12.7. The van der Waals surface area contributed by atoms with Crippen molar-refractivity contribution in [3.8, 4) is 11.8 Å². The number of sulfonamides is 1. The van der Waals surface area contributed by atoms with Gasteiger partial charge in [-0.3, -0.25) is 4.72 Å². The summed E-state index contributed by atoms with van der Waals surface area (Å²) in [6.45, 7) is 0. The number of aromatic amines is 1. The van der Waals surface area contributed by atoms with Gasteiger partial charge in [-0.2, -0.15) is 5.26 Å². The van der Waals surface area contributed by atoms with Crippen LogP contribution in [-0.2, 0) is 16.4 Å². The lowest BCUT2D eigenvalue weighted by atomic mass is 10.2. The number of ether oxygens (including phenoxy) is 1. The van der Waals surface area contributed by atoms with Gasteiger partial charge >= 0.3 is 0 Å². The standard InChI is InChI=1S/C16H13ClN4O3S/c1-24-14-6-10(4-5-18)8-20-16(14)21-25(22,23)15-9-19-13-7-11(17)2-3-12(13)15/h2-3,6-9,19H,4H2,1H3,(H,20,21). The SMILES string of the molecule is COc1cc(CC#N)cnc1NS(=O)(=O)c1c[nH]c2cc(Cl)ccc12. The number of halogens is 1. The number of nitrogens with zero attached hydrogens (tertiary/aromatic N) is 2. The molecule has 0 saturated carbocycles. The Morgan fingerprint density at radius 1 is 1.40 bits per heavy atom. The zero-order chi connectivity index (χ0) is 18.0. The van der Waals surface area contributed by atoms with Gasteiger partial charge in [-0.15, -0.1) is 0 Å². The van der Waals surface area contributed by atoms with Gasteiger partial charge in [-0.25, -0.2) is 13.4 Å². The van der Waals surface area contributed by atoms with Crippen molar-refractivity contribution in [1.82, 2.24) is 9.97 Å². The van der Waals surface area contributed by atoms with Crippen LogP contribution in [0, 0.1) is 11.3 Å². The second-order valence-electron chi connectivity index (χ2n) is 5.18. The summed E-state index contributed by atoms with van der Waals surface area (Å²) in [6.07, 6.45) is 2.97. The third-order valence-electron chi connectivity index (χ3n) is 3.54. The van der Waals surface area contributed by atoms with Crippen LogP contribution in [0.15, 0.2) is 41.6 Å². The average Bonchev–Trinajstić information content (AvgIpc) is 3.00. The molecule has 0 aliphatic rings. The molecule has 7 nitrogen and oxygen atoms in total. The number of pyridine rings is 1. The molecule has 0 aliphatic carbocycles. The molecule has 0 unspecified atom stereocenters. The summed E-state index contributed by atoms with van der Waals surface area (Å²) in [7, 11) is -2.50. The van der Waals surface area contributed by atoms with Gasteiger partial charge in [0.1, 0.15) is 4.90 Å². The molecular formula is C16H13ClN4O3S. The highest BCUT2D eigenvalue weighted by atomic mass is 35.5. The number of methoxy groups -OCH3 is 1. The molecular weight excluding hydrogens is 364 g/mol. The van der Waals surface area contributed by atoms with E-state index in [0.29, 0.717) is 21.5 Å². The van der Waals surface area contributed by atoms with E-state index in [1.165, 1.54) is 19.5 Å². The van der Waals surface area contributed by atoms with E-state index in [2.05, 4.69) is 14.7 Å². The zero-order valence-corrected chi connectivity index (χ0v) is 14.6. The van der Waals surface area contributed by atoms with Crippen LogP contribution in [0.1, 0.15) is 5.56 Å². The predicted octanol–water partition coefficient (Wildman–Crippen LogP) is 3.09. The number of anilines is 1. The van der Waals surface area contributed by atoms with Gasteiger partial charge in [0, 0.05) is 28.3 Å². The predicted molar refractivity (Wildman–Crippen MR) is 94.2 cm³/mol. The molecule has 0 amide bonds. The minimum absolute atomic E-state index is 0.0486. The lowest BCUT2D eigenvalue weighted by Gasteiger charge is -2.11. The van der Waals surface area contributed by atoms with E-state index >= 15 is 0 Å². The summed E-state index contributed by atoms with van der Waals surface area (Å²) in [6, 6.07) is 8.46. The number of aromatic nitrogens is 2. The van der Waals surface area contributed by atoms with E-state index in [1.807, 2.05) is 6.07 Å². The molecule has 1 aromatic carbocycles. The first-order valence-corrected chi connectivity index (χ1v) is 9.00. The lowest BCUT2D eigenvalue weighted by Crippen LogP contribution is -2.14. The quantitative estimate of drug-likeness (QED) is 0.711. The second-order valence-corrected chi connectivity index (χ2v) is 7.26. The molecule has 25 heavy (non-hydrogen) atoms. The second kappa shape index (κ2) is 6.63. The van der Waals surface area contributed by atoms with Crippen molar-refractivity contribution in [2.75, 3.05) is 11.8 Å². The Labute approximate surface area is 149 Å². The van der Waals surface area contributed by atoms with Crippen LogP contribution in [-0.4, -0.2) is 25.5 Å². The number of nitriles is 1. The van der Waals surface area contributed by atoms with Crippen molar-refractivity contribution in [2.45, 2.75) is 11.3 Å². The summed E-state index contributed by atoms with van der Waals surface area (Å²) in [4.78, 5) is 7.02. The molecule has 2 N–H and O–H groups in total. The Hall–Kier alpha value is -2.76. The van der Waals surface area contributed by atoms with Crippen LogP contribution < -0.4 is 9.46 Å². The average molecular weight is 377 g/mol. The van der Waals surface area contributed by atoms with Crippen LogP contribution in [0.5, 0.6) is 5.75 Å². The van der Waals surface area contributed by atoms with E-state index in [-0.39, 0.29) is 22.9 Å². The molecule has 9 heteroatoms. The minimum Gasteiger partial charge on any atom is -0.493 e. The van der Waals surface area contributed by atoms with Gasteiger partial charge in [0.05, 0.1) is 19.6 Å². The Balaban J connectivity index is 2.00. The highest BCUT2D eigenvalue weighted by molar-refractivity contribution is 7.93. The van der Waals surface area contributed by atoms with Crippen LogP contribution in [0.3, 0.4) is 0 Å². The van der Waals surface area contributed by atoms with Crippen molar-refractivity contribution in [2.24, 2.45) is 0 Å². The molecule has 0 fully saturated rings. The van der Waals surface area contributed by atoms with Gasteiger partial charge in [0.15, 0.2) is 11.6 Å². The molecule has 0 saturated heterocycles. The van der Waals surface area contributed by atoms with Crippen LogP contribution in [0.2, 0.25) is 5.02 Å². The molecule has 2 heterocycles. The first-order chi connectivity index (χ1) is 11.9. The summed E-state index contributed by atoms with van der Waals surface area (Å²) < 4.78 is 33.0. The highest BCUT2D eigenvalue weighted by Crippen LogP contribution is 2.29. The summed E-state index contributed by atoms with van der Waals surface area (Å²) in [5, 5.41) is 9.75. The van der Waals surface area contributed by atoms with Gasteiger partial charge in [0.25, 0.3) is 10.0 Å². The van der Waals surface area contributed by atoms with Crippen LogP contribution >= 0.6 is 11.6 Å². The largest absolute Gasteiger partial charge is 0.493 e. The normalized spacial score (nSPS) is 11.2. The minimum atomic E-state index is -3.90. The summed E-state index contributed by atoms with van der Waals surface area (Å²) in [5.41, 5.74) is 1.24. The smallest absolute Gasteiger partial charge is 0.265 e. The number of H-pyrrole nitrogens is 1. The van der Waals surface area contributed by atoms with Crippen molar-refractivity contribution in [1.29, 1.82) is 5.26 Å². The molecule has 0 aliphatic heterocycles. The van der Waals surface area contributed by atoms with E-state index in [9.17, 15) is 8.42 Å². The molecule has 0 radical (unpaired) electrons. The Morgan fingerprint density at radius 3 is 2.92 bits per heavy atom. The molecule has 128 valence electrons. The van der Waals surface area contributed by atoms with Crippen LogP contribution in [0.4, 0.5) is 5.82 Å². The molecule has 3 rings (SSSR count).